The first-order valence-electron chi connectivity index (χ1n) is 7.63. The molecule has 3 rings (SSSR count). The monoisotopic (exact) mass is 402 g/mol. The zero-order chi connectivity index (χ0) is 20.4. The molecule has 3 aromatic rings. The summed E-state index contributed by atoms with van der Waals surface area (Å²) in [6, 6.07) is 7.14. The van der Waals surface area contributed by atoms with Crippen LogP contribution < -0.4 is 5.73 Å². The van der Waals surface area contributed by atoms with Gasteiger partial charge >= 0.3 is 5.69 Å². The number of nitrogen functional groups attached to an aromatic ring is 1. The van der Waals surface area contributed by atoms with Crippen LogP contribution in [0.4, 0.5) is 31.6 Å². The molecule has 2 N–H and O–H groups in total. The molecule has 0 radical (unpaired) electrons. The van der Waals surface area contributed by atoms with E-state index in [1.165, 1.54) is 18.2 Å². The molecule has 10 nitrogen and oxygen atoms in total. The molecule has 0 atom stereocenters. The van der Waals surface area contributed by atoms with Crippen molar-refractivity contribution in [2.24, 2.45) is 10.2 Å². The second-order valence-electron chi connectivity index (χ2n) is 5.55. The summed E-state index contributed by atoms with van der Waals surface area (Å²) in [4.78, 5) is 24.6. The van der Waals surface area contributed by atoms with Gasteiger partial charge in [-0.1, -0.05) is 11.3 Å². The van der Waals surface area contributed by atoms with Gasteiger partial charge in [0.15, 0.2) is 15.8 Å². The van der Waals surface area contributed by atoms with Crippen LogP contribution in [0.3, 0.4) is 0 Å². The summed E-state index contributed by atoms with van der Waals surface area (Å²) in [5.74, 6) is -0.408. The molecular formula is C16H11FN6O4S. The molecule has 1 aromatic heterocycles. The van der Waals surface area contributed by atoms with Crippen LogP contribution in [0.15, 0.2) is 46.6 Å². The maximum absolute atomic E-state index is 13.4. The molecule has 1 heterocycles. The van der Waals surface area contributed by atoms with Crippen LogP contribution in [0.25, 0.3) is 11.3 Å². The minimum Gasteiger partial charge on any atom is -0.375 e. The zero-order valence-corrected chi connectivity index (χ0v) is 15.0. The van der Waals surface area contributed by atoms with Crippen molar-refractivity contribution in [3.8, 4) is 11.3 Å². The van der Waals surface area contributed by atoms with Gasteiger partial charge in [0.1, 0.15) is 11.5 Å². The highest BCUT2D eigenvalue weighted by molar-refractivity contribution is 7.19. The summed E-state index contributed by atoms with van der Waals surface area (Å²) < 4.78 is 13.4. The Morgan fingerprint density at radius 1 is 1.11 bits per heavy atom. The van der Waals surface area contributed by atoms with Crippen LogP contribution >= 0.6 is 11.3 Å². The number of hydrogen-bond acceptors (Lipinski definition) is 9. The predicted molar refractivity (Wildman–Crippen MR) is 101 cm³/mol. The number of azo groups is 1. The van der Waals surface area contributed by atoms with Crippen molar-refractivity contribution in [2.45, 2.75) is 6.92 Å². The van der Waals surface area contributed by atoms with Crippen LogP contribution in [0, 0.1) is 33.0 Å². The van der Waals surface area contributed by atoms with Gasteiger partial charge in [0.05, 0.1) is 15.9 Å². The van der Waals surface area contributed by atoms with Gasteiger partial charge in [-0.15, -0.1) is 10.2 Å². The number of halogens is 1. The van der Waals surface area contributed by atoms with Crippen molar-refractivity contribution < 1.29 is 14.2 Å². The van der Waals surface area contributed by atoms with Crippen molar-refractivity contribution in [1.82, 2.24) is 4.98 Å². The number of nitrogens with zero attached hydrogens (tertiary/aromatic N) is 5. The number of benzene rings is 2. The van der Waals surface area contributed by atoms with Gasteiger partial charge in [0.25, 0.3) is 5.69 Å². The van der Waals surface area contributed by atoms with E-state index in [2.05, 4.69) is 15.2 Å². The average molecular weight is 402 g/mol. The van der Waals surface area contributed by atoms with Gasteiger partial charge in [-0.2, -0.15) is 0 Å². The topological polar surface area (TPSA) is 150 Å². The molecule has 0 aliphatic rings. The Hall–Kier alpha value is -3.80. The number of nitro benzene ring substituents is 2. The quantitative estimate of drug-likeness (QED) is 0.357. The summed E-state index contributed by atoms with van der Waals surface area (Å²) in [5.41, 5.74) is 6.13. The highest BCUT2D eigenvalue weighted by Crippen LogP contribution is 2.40. The fraction of sp³-hybridized carbons (Fsp3) is 0.0625. The number of nitrogens with two attached hydrogens (primary N) is 1. The molecule has 0 saturated carbocycles. The molecule has 142 valence electrons. The Balaban J connectivity index is 2.05. The van der Waals surface area contributed by atoms with Gasteiger partial charge in [-0.05, 0) is 36.8 Å². The maximum Gasteiger partial charge on any atom is 0.303 e. The van der Waals surface area contributed by atoms with Crippen molar-refractivity contribution >= 4 is 38.5 Å². The number of aryl methyl sites for hydroxylation is 1. The fourth-order valence-corrected chi connectivity index (χ4v) is 3.09. The smallest absolute Gasteiger partial charge is 0.303 e. The van der Waals surface area contributed by atoms with E-state index in [0.29, 0.717) is 16.8 Å². The first-order chi connectivity index (χ1) is 13.3. The molecule has 0 aliphatic heterocycles. The molecule has 0 spiro atoms. The van der Waals surface area contributed by atoms with Crippen molar-refractivity contribution in [2.75, 3.05) is 5.73 Å². The summed E-state index contributed by atoms with van der Waals surface area (Å²) in [5, 5.41) is 30.3. The van der Waals surface area contributed by atoms with E-state index in [-0.39, 0.29) is 15.8 Å². The molecule has 0 bridgehead atoms. The fourth-order valence-electron chi connectivity index (χ4n) is 2.42. The van der Waals surface area contributed by atoms with Crippen molar-refractivity contribution in [3.05, 3.63) is 68.0 Å². The molecule has 0 unspecified atom stereocenters. The number of hydrogen-bond donors (Lipinski definition) is 1. The minimum absolute atomic E-state index is 0.163. The van der Waals surface area contributed by atoms with E-state index in [0.717, 1.165) is 29.5 Å². The molecule has 12 heteroatoms. The SMILES string of the molecule is Cc1cc(F)ccc1-c1nc(N)sc1N=Nc1ccc([N+](=O)[O-])cc1[N+](=O)[O-]. The highest BCUT2D eigenvalue weighted by Gasteiger charge is 2.20. The van der Waals surface area contributed by atoms with Crippen molar-refractivity contribution in [1.29, 1.82) is 0 Å². The summed E-state index contributed by atoms with van der Waals surface area (Å²) in [7, 11) is 0. The largest absolute Gasteiger partial charge is 0.375 e. The van der Waals surface area contributed by atoms with E-state index in [1.54, 1.807) is 6.92 Å². The standard InChI is InChI=1S/C16H11FN6O4S/c1-8-6-9(17)2-4-11(8)14-15(28-16(18)19-14)21-20-12-5-3-10(22(24)25)7-13(12)23(26)27/h2-7H,1H3,(H2,18,19). The lowest BCUT2D eigenvalue weighted by Gasteiger charge is -2.03. The second-order valence-corrected chi connectivity index (χ2v) is 6.56. The molecule has 0 fully saturated rings. The molecule has 0 amide bonds. The number of rotatable bonds is 5. The summed E-state index contributed by atoms with van der Waals surface area (Å²) in [6.45, 7) is 1.69. The summed E-state index contributed by atoms with van der Waals surface area (Å²) >= 11 is 0.998. The third-order valence-electron chi connectivity index (χ3n) is 3.68. The average Bonchev–Trinajstić information content (AvgIpc) is 3.00. The lowest BCUT2D eigenvalue weighted by Crippen LogP contribution is -1.92. The van der Waals surface area contributed by atoms with Gasteiger partial charge in [0.2, 0.25) is 0 Å². The highest BCUT2D eigenvalue weighted by atomic mass is 32.1. The van der Waals surface area contributed by atoms with E-state index >= 15 is 0 Å². The third-order valence-corrected chi connectivity index (χ3v) is 4.45. The Morgan fingerprint density at radius 3 is 2.50 bits per heavy atom. The van der Waals surface area contributed by atoms with E-state index < -0.39 is 27.0 Å². The number of anilines is 1. The third kappa shape index (κ3) is 3.81. The Kier molecular flexibility index (Phi) is 5.04. The number of nitro groups is 2. The molecule has 28 heavy (non-hydrogen) atoms. The minimum atomic E-state index is -0.784. The van der Waals surface area contributed by atoms with Gasteiger partial charge in [0, 0.05) is 11.6 Å². The van der Waals surface area contributed by atoms with E-state index in [9.17, 15) is 24.6 Å². The number of aromatic nitrogens is 1. The molecular weight excluding hydrogens is 391 g/mol. The van der Waals surface area contributed by atoms with Crippen LogP contribution in [0.5, 0.6) is 0 Å². The number of non-ortho nitro benzene ring substituents is 1. The van der Waals surface area contributed by atoms with E-state index in [4.69, 9.17) is 5.73 Å². The van der Waals surface area contributed by atoms with Crippen LogP contribution in [0.1, 0.15) is 5.56 Å². The van der Waals surface area contributed by atoms with E-state index in [1.807, 2.05) is 0 Å². The Labute approximate surface area is 160 Å². The first kappa shape index (κ1) is 19.0. The van der Waals surface area contributed by atoms with Gasteiger partial charge in [-0.3, -0.25) is 20.2 Å². The molecule has 0 aliphatic carbocycles. The normalized spacial score (nSPS) is 11.1. The zero-order valence-electron chi connectivity index (χ0n) is 14.2. The van der Waals surface area contributed by atoms with Crippen molar-refractivity contribution in [3.63, 3.8) is 0 Å². The van der Waals surface area contributed by atoms with Crippen LogP contribution in [-0.2, 0) is 0 Å². The molecule has 0 saturated heterocycles. The lowest BCUT2D eigenvalue weighted by atomic mass is 10.1. The summed E-state index contributed by atoms with van der Waals surface area (Å²) in [6.07, 6.45) is 0. The number of thiazole rings is 1. The molecule has 2 aromatic carbocycles. The van der Waals surface area contributed by atoms with Gasteiger partial charge in [-0.25, -0.2) is 9.37 Å². The van der Waals surface area contributed by atoms with Crippen LogP contribution in [0.2, 0.25) is 0 Å². The first-order valence-corrected chi connectivity index (χ1v) is 8.45. The maximum atomic E-state index is 13.4. The Bertz CT molecular complexity index is 1130. The Morgan fingerprint density at radius 2 is 1.86 bits per heavy atom. The van der Waals surface area contributed by atoms with Gasteiger partial charge < -0.3 is 5.73 Å². The lowest BCUT2D eigenvalue weighted by molar-refractivity contribution is -0.393. The second kappa shape index (κ2) is 7.44. The predicted octanol–water partition coefficient (Wildman–Crippen LogP) is 5.07. The van der Waals surface area contributed by atoms with Crippen LogP contribution in [-0.4, -0.2) is 14.8 Å².